The van der Waals surface area contributed by atoms with Gasteiger partial charge in [-0.25, -0.2) is 13.8 Å². The lowest BCUT2D eigenvalue weighted by Gasteiger charge is -2.14. The highest BCUT2D eigenvalue weighted by Gasteiger charge is 2.22. The van der Waals surface area contributed by atoms with E-state index >= 15 is 4.39 Å². The summed E-state index contributed by atoms with van der Waals surface area (Å²) < 4.78 is 46.7. The maximum Gasteiger partial charge on any atom is 0.257 e. The molecule has 0 unspecified atom stereocenters. The maximum atomic E-state index is 15.2. The van der Waals surface area contributed by atoms with Crippen LogP contribution in [0.1, 0.15) is 27.2 Å². The number of hydrogen-bond acceptors (Lipinski definition) is 8. The molecule has 0 aliphatic heterocycles. The Hall–Kier alpha value is -5.19. The van der Waals surface area contributed by atoms with E-state index in [1.165, 1.54) is 55.4 Å². The standard InChI is InChI=1S/C31H26F2N4O5/c1-16-12-19(32)7-8-20(16)28-30(39)27(17(2)37(3)36-28)23(38)14-18-6-9-24(21(33)13-18)42-25-10-11-34-22-15-26(40-4)31(41-5)35-29(22)25/h6-13,15H,14H2,1-5H3. The van der Waals surface area contributed by atoms with Gasteiger partial charge in [-0.2, -0.15) is 5.10 Å². The van der Waals surface area contributed by atoms with Gasteiger partial charge < -0.3 is 14.2 Å². The number of aryl methyl sites for hydroxylation is 2. The normalized spacial score (nSPS) is 11.0. The van der Waals surface area contributed by atoms with Gasteiger partial charge in [0, 0.05) is 43.1 Å². The van der Waals surface area contributed by atoms with Crippen LogP contribution in [-0.2, 0) is 13.5 Å². The first-order valence-corrected chi connectivity index (χ1v) is 12.8. The lowest BCUT2D eigenvalue weighted by Crippen LogP contribution is -2.26. The number of rotatable bonds is 8. The second-order valence-corrected chi connectivity index (χ2v) is 9.56. The van der Waals surface area contributed by atoms with Crippen molar-refractivity contribution in [3.63, 3.8) is 0 Å². The van der Waals surface area contributed by atoms with E-state index in [9.17, 15) is 14.0 Å². The minimum atomic E-state index is -0.715. The molecule has 0 saturated heterocycles. The number of Topliss-reactive ketones (excluding diaryl/α,β-unsaturated/α-hetero) is 1. The Morgan fingerprint density at radius 3 is 2.43 bits per heavy atom. The maximum absolute atomic E-state index is 15.2. The molecular formula is C31H26F2N4O5. The molecule has 0 fully saturated rings. The number of ether oxygens (including phenoxy) is 3. The smallest absolute Gasteiger partial charge is 0.257 e. The fourth-order valence-electron chi connectivity index (χ4n) is 4.63. The molecule has 0 aliphatic carbocycles. The van der Waals surface area contributed by atoms with E-state index in [0.29, 0.717) is 39.2 Å². The van der Waals surface area contributed by atoms with Crippen molar-refractivity contribution in [2.75, 3.05) is 14.2 Å². The van der Waals surface area contributed by atoms with Gasteiger partial charge in [0.1, 0.15) is 17.0 Å². The largest absolute Gasteiger partial charge is 0.491 e. The first-order chi connectivity index (χ1) is 20.1. The van der Waals surface area contributed by atoms with Crippen LogP contribution in [0.5, 0.6) is 23.1 Å². The number of halogens is 2. The molecular weight excluding hydrogens is 546 g/mol. The lowest BCUT2D eigenvalue weighted by atomic mass is 9.98. The third-order valence-electron chi connectivity index (χ3n) is 6.86. The highest BCUT2D eigenvalue weighted by Crippen LogP contribution is 2.34. The van der Waals surface area contributed by atoms with Crippen LogP contribution in [-0.4, -0.2) is 39.8 Å². The Balaban J connectivity index is 1.44. The second kappa shape index (κ2) is 11.4. The summed E-state index contributed by atoms with van der Waals surface area (Å²) in [7, 11) is 4.54. The number of methoxy groups -OCH3 is 2. The average Bonchev–Trinajstić information content (AvgIpc) is 2.96. The van der Waals surface area contributed by atoms with Crippen LogP contribution in [0.2, 0.25) is 0 Å². The first kappa shape index (κ1) is 28.3. The molecule has 11 heteroatoms. The third kappa shape index (κ3) is 5.28. The van der Waals surface area contributed by atoms with Gasteiger partial charge in [-0.05, 0) is 55.3 Å². The highest BCUT2D eigenvalue weighted by atomic mass is 19.1. The van der Waals surface area contributed by atoms with Crippen LogP contribution in [0.3, 0.4) is 0 Å². The van der Waals surface area contributed by atoms with Crippen molar-refractivity contribution >= 4 is 16.8 Å². The molecule has 3 heterocycles. The van der Waals surface area contributed by atoms with E-state index in [2.05, 4.69) is 15.1 Å². The van der Waals surface area contributed by atoms with Gasteiger partial charge in [0.15, 0.2) is 28.8 Å². The predicted molar refractivity (Wildman–Crippen MR) is 151 cm³/mol. The number of hydrogen-bond donors (Lipinski definition) is 0. The molecule has 0 bridgehead atoms. The van der Waals surface area contributed by atoms with Gasteiger partial charge in [-0.15, -0.1) is 0 Å². The molecule has 0 spiro atoms. The summed E-state index contributed by atoms with van der Waals surface area (Å²) in [5, 5.41) is 4.32. The Morgan fingerprint density at radius 1 is 0.952 bits per heavy atom. The monoisotopic (exact) mass is 572 g/mol. The topological polar surface area (TPSA) is 105 Å². The van der Waals surface area contributed by atoms with Gasteiger partial charge in [-0.3, -0.25) is 19.3 Å². The van der Waals surface area contributed by atoms with Crippen LogP contribution in [0.25, 0.3) is 22.3 Å². The summed E-state index contributed by atoms with van der Waals surface area (Å²) in [5.41, 5.74) is 1.82. The van der Waals surface area contributed by atoms with Crippen molar-refractivity contribution in [3.05, 3.63) is 99.0 Å². The number of carbonyl (C=O) groups is 1. The fraction of sp³-hybridized carbons (Fsp3) is 0.194. The van der Waals surface area contributed by atoms with E-state index in [4.69, 9.17) is 14.2 Å². The zero-order chi connectivity index (χ0) is 30.1. The van der Waals surface area contributed by atoms with E-state index in [-0.39, 0.29) is 35.1 Å². The van der Waals surface area contributed by atoms with Gasteiger partial charge in [0.2, 0.25) is 5.43 Å². The predicted octanol–water partition coefficient (Wildman–Crippen LogP) is 5.52. The van der Waals surface area contributed by atoms with Gasteiger partial charge in [-0.1, -0.05) is 6.07 Å². The Kier molecular flexibility index (Phi) is 7.66. The fourth-order valence-corrected chi connectivity index (χ4v) is 4.63. The quantitative estimate of drug-likeness (QED) is 0.224. The number of nitrogens with zero attached hydrogens (tertiary/aromatic N) is 4. The summed E-state index contributed by atoms with van der Waals surface area (Å²) in [5.74, 6) is -0.924. The molecule has 0 amide bonds. The highest BCUT2D eigenvalue weighted by molar-refractivity contribution is 5.99. The molecule has 9 nitrogen and oxygen atoms in total. The molecule has 2 aromatic carbocycles. The number of ketones is 1. The summed E-state index contributed by atoms with van der Waals surface area (Å²) in [6.45, 7) is 3.27. The zero-order valence-electron chi connectivity index (χ0n) is 23.5. The molecule has 3 aromatic heterocycles. The minimum Gasteiger partial charge on any atom is -0.491 e. The Labute approximate surface area is 239 Å². The van der Waals surface area contributed by atoms with Crippen molar-refractivity contribution in [3.8, 4) is 34.4 Å². The minimum absolute atomic E-state index is 0.0336. The van der Waals surface area contributed by atoms with Crippen LogP contribution < -0.4 is 19.6 Å². The van der Waals surface area contributed by atoms with Gasteiger partial charge in [0.25, 0.3) is 5.88 Å². The average molecular weight is 573 g/mol. The molecule has 0 N–H and O–H groups in total. The van der Waals surface area contributed by atoms with Crippen LogP contribution >= 0.6 is 0 Å². The van der Waals surface area contributed by atoms with E-state index in [1.807, 2.05) is 0 Å². The molecule has 0 atom stereocenters. The van der Waals surface area contributed by atoms with Crippen molar-refractivity contribution in [2.45, 2.75) is 20.3 Å². The number of pyridine rings is 2. The molecule has 0 saturated carbocycles. The van der Waals surface area contributed by atoms with E-state index in [1.54, 1.807) is 39.1 Å². The SMILES string of the molecule is COc1cc2nccc(Oc3ccc(CC(=O)c4c(C)n(C)nc(-c5ccc(F)cc5C)c4=O)cc3F)c2nc1OC. The molecule has 42 heavy (non-hydrogen) atoms. The molecule has 0 radical (unpaired) electrons. The van der Waals surface area contributed by atoms with Gasteiger partial charge >= 0.3 is 0 Å². The molecule has 5 rings (SSSR count). The summed E-state index contributed by atoms with van der Waals surface area (Å²) in [4.78, 5) is 35.4. The van der Waals surface area contributed by atoms with Crippen LogP contribution in [0.15, 0.2) is 59.5 Å². The number of carbonyl (C=O) groups excluding carboxylic acids is 1. The molecule has 5 aromatic rings. The van der Waals surface area contributed by atoms with Gasteiger partial charge in [0.05, 0.1) is 25.3 Å². The zero-order valence-corrected chi connectivity index (χ0v) is 23.5. The first-order valence-electron chi connectivity index (χ1n) is 12.8. The van der Waals surface area contributed by atoms with Crippen molar-refractivity contribution in [1.82, 2.24) is 19.7 Å². The third-order valence-corrected chi connectivity index (χ3v) is 6.86. The lowest BCUT2D eigenvalue weighted by molar-refractivity contribution is 0.0990. The summed E-state index contributed by atoms with van der Waals surface area (Å²) in [6.07, 6.45) is 1.26. The van der Waals surface area contributed by atoms with Crippen LogP contribution in [0.4, 0.5) is 8.78 Å². The summed E-state index contributed by atoms with van der Waals surface area (Å²) >= 11 is 0. The van der Waals surface area contributed by atoms with E-state index in [0.717, 1.165) is 0 Å². The second-order valence-electron chi connectivity index (χ2n) is 9.56. The molecule has 214 valence electrons. The Morgan fingerprint density at radius 2 is 1.74 bits per heavy atom. The Bertz CT molecular complexity index is 1920. The number of fused-ring (bicyclic) bond motifs is 1. The van der Waals surface area contributed by atoms with Crippen molar-refractivity contribution in [2.24, 2.45) is 7.05 Å². The number of aromatic nitrogens is 4. The van der Waals surface area contributed by atoms with Crippen molar-refractivity contribution < 1.29 is 27.8 Å². The molecule has 0 aliphatic rings. The van der Waals surface area contributed by atoms with E-state index < -0.39 is 22.8 Å². The van der Waals surface area contributed by atoms with Crippen molar-refractivity contribution in [1.29, 1.82) is 0 Å². The van der Waals surface area contributed by atoms with Crippen LogP contribution in [0, 0.1) is 25.5 Å². The number of benzene rings is 2. The summed E-state index contributed by atoms with van der Waals surface area (Å²) in [6, 6.07) is 11.3.